The van der Waals surface area contributed by atoms with Gasteiger partial charge in [0.1, 0.15) is 13.2 Å². The zero-order chi connectivity index (χ0) is 16.2. The summed E-state index contributed by atoms with van der Waals surface area (Å²) in [5.74, 6) is 1.57. The van der Waals surface area contributed by atoms with Gasteiger partial charge in [0.05, 0.1) is 0 Å². The van der Waals surface area contributed by atoms with Gasteiger partial charge in [0, 0.05) is 25.0 Å². The quantitative estimate of drug-likeness (QED) is 0.910. The molecular formula is C17H26N2O3. The Bertz CT molecular complexity index is 525. The average molecular weight is 306 g/mol. The van der Waals surface area contributed by atoms with Gasteiger partial charge in [-0.2, -0.15) is 0 Å². The van der Waals surface area contributed by atoms with Crippen LogP contribution in [0.3, 0.4) is 0 Å². The van der Waals surface area contributed by atoms with Crippen LogP contribution in [0.2, 0.25) is 0 Å². The molecule has 0 radical (unpaired) electrons. The van der Waals surface area contributed by atoms with Crippen molar-refractivity contribution in [2.24, 2.45) is 0 Å². The molecule has 1 aliphatic heterocycles. The maximum absolute atomic E-state index is 12.1. The minimum atomic E-state index is -0.182. The fraction of sp³-hybridized carbons (Fsp3) is 0.588. The second-order valence-corrected chi connectivity index (χ2v) is 6.07. The number of urea groups is 1. The number of carbonyl (C=O) groups excluding carboxylic acids is 1. The number of nitrogens with zero attached hydrogens (tertiary/aromatic N) is 1. The van der Waals surface area contributed by atoms with Crippen molar-refractivity contribution in [2.75, 3.05) is 32.8 Å². The van der Waals surface area contributed by atoms with Gasteiger partial charge in [0.2, 0.25) is 0 Å². The lowest BCUT2D eigenvalue weighted by Gasteiger charge is -2.29. The van der Waals surface area contributed by atoms with Crippen molar-refractivity contribution in [2.45, 2.75) is 33.1 Å². The third kappa shape index (κ3) is 3.64. The molecule has 2 rings (SSSR count). The van der Waals surface area contributed by atoms with E-state index >= 15 is 0 Å². The second-order valence-electron chi connectivity index (χ2n) is 6.07. The zero-order valence-electron chi connectivity index (χ0n) is 13.9. The number of ether oxygens (including phenoxy) is 2. The topological polar surface area (TPSA) is 50.8 Å². The first-order valence-corrected chi connectivity index (χ1v) is 7.91. The van der Waals surface area contributed by atoms with Crippen LogP contribution >= 0.6 is 0 Å². The molecule has 0 aromatic heterocycles. The van der Waals surface area contributed by atoms with E-state index in [1.54, 1.807) is 4.90 Å². The number of amides is 2. The third-order valence-corrected chi connectivity index (χ3v) is 4.06. The largest absolute Gasteiger partial charge is 0.486 e. The molecule has 1 heterocycles. The highest BCUT2D eigenvalue weighted by Crippen LogP contribution is 2.34. The molecule has 1 aromatic carbocycles. The highest BCUT2D eigenvalue weighted by molar-refractivity contribution is 5.74. The number of fused-ring (bicyclic) bond motifs is 1. The van der Waals surface area contributed by atoms with Gasteiger partial charge in [-0.1, -0.05) is 19.9 Å². The van der Waals surface area contributed by atoms with Gasteiger partial charge in [-0.05, 0) is 31.5 Å². The smallest absolute Gasteiger partial charge is 0.317 e. The molecule has 0 atom stereocenters. The van der Waals surface area contributed by atoms with E-state index in [4.69, 9.17) is 9.47 Å². The molecule has 1 aliphatic rings. The summed E-state index contributed by atoms with van der Waals surface area (Å²) in [7, 11) is 0. The summed E-state index contributed by atoms with van der Waals surface area (Å²) in [6.45, 7) is 11.4. The van der Waals surface area contributed by atoms with Gasteiger partial charge in [-0.25, -0.2) is 4.79 Å². The average Bonchev–Trinajstić information content (AvgIpc) is 2.53. The molecule has 0 bridgehead atoms. The van der Waals surface area contributed by atoms with E-state index in [0.717, 1.165) is 17.1 Å². The van der Waals surface area contributed by atoms with Crippen LogP contribution < -0.4 is 14.8 Å². The Morgan fingerprint density at radius 2 is 1.82 bits per heavy atom. The first-order valence-electron chi connectivity index (χ1n) is 7.91. The van der Waals surface area contributed by atoms with Crippen molar-refractivity contribution in [3.63, 3.8) is 0 Å². The SMILES string of the molecule is CCN(CC)C(=O)NCC(C)(C)c1ccc2c(c1)OCCO2. The zero-order valence-corrected chi connectivity index (χ0v) is 13.9. The van der Waals surface area contributed by atoms with Crippen molar-refractivity contribution in [3.8, 4) is 11.5 Å². The molecule has 5 nitrogen and oxygen atoms in total. The Morgan fingerprint density at radius 1 is 1.18 bits per heavy atom. The number of carbonyl (C=O) groups is 1. The van der Waals surface area contributed by atoms with E-state index in [9.17, 15) is 4.79 Å². The molecule has 0 saturated carbocycles. The van der Waals surface area contributed by atoms with Crippen LogP contribution in [0, 0.1) is 0 Å². The van der Waals surface area contributed by atoms with Crippen LogP contribution in [0.15, 0.2) is 18.2 Å². The minimum Gasteiger partial charge on any atom is -0.486 e. The van der Waals surface area contributed by atoms with E-state index in [1.807, 2.05) is 32.0 Å². The highest BCUT2D eigenvalue weighted by atomic mass is 16.6. The molecule has 5 heteroatoms. The standard InChI is InChI=1S/C17H26N2O3/c1-5-19(6-2)16(20)18-12-17(3,4)13-7-8-14-15(11-13)22-10-9-21-14/h7-8,11H,5-6,9-10,12H2,1-4H3,(H,18,20). The minimum absolute atomic E-state index is 0.0179. The van der Waals surface area contributed by atoms with Gasteiger partial charge in [0.15, 0.2) is 11.5 Å². The molecule has 0 saturated heterocycles. The van der Waals surface area contributed by atoms with Crippen LogP contribution in [0.25, 0.3) is 0 Å². The van der Waals surface area contributed by atoms with Crippen LogP contribution in [0.1, 0.15) is 33.3 Å². The monoisotopic (exact) mass is 306 g/mol. The molecule has 0 spiro atoms. The summed E-state index contributed by atoms with van der Waals surface area (Å²) in [6.07, 6.45) is 0. The molecule has 1 N–H and O–H groups in total. The van der Waals surface area contributed by atoms with E-state index in [-0.39, 0.29) is 11.4 Å². The Hall–Kier alpha value is -1.91. The maximum atomic E-state index is 12.1. The van der Waals surface area contributed by atoms with Gasteiger partial charge in [-0.3, -0.25) is 0 Å². The predicted octanol–water partition coefficient (Wildman–Crippen LogP) is 2.79. The number of nitrogens with one attached hydrogen (secondary N) is 1. The van der Waals surface area contributed by atoms with Gasteiger partial charge >= 0.3 is 6.03 Å². The summed E-state index contributed by atoms with van der Waals surface area (Å²) in [6, 6.07) is 5.98. The fourth-order valence-corrected chi connectivity index (χ4v) is 2.49. The lowest BCUT2D eigenvalue weighted by Crippen LogP contribution is -2.44. The van der Waals surface area contributed by atoms with Gasteiger partial charge in [-0.15, -0.1) is 0 Å². The Labute approximate surface area is 132 Å². The van der Waals surface area contributed by atoms with E-state index in [0.29, 0.717) is 32.8 Å². The number of benzene rings is 1. The predicted molar refractivity (Wildman–Crippen MR) is 86.8 cm³/mol. The molecule has 122 valence electrons. The normalized spacial score (nSPS) is 13.6. The van der Waals surface area contributed by atoms with Crippen molar-refractivity contribution >= 4 is 6.03 Å². The van der Waals surface area contributed by atoms with Crippen molar-refractivity contribution in [1.29, 1.82) is 0 Å². The second kappa shape index (κ2) is 6.90. The molecule has 0 aliphatic carbocycles. The fourth-order valence-electron chi connectivity index (χ4n) is 2.49. The van der Waals surface area contributed by atoms with E-state index < -0.39 is 0 Å². The molecule has 1 aromatic rings. The number of rotatable bonds is 5. The van der Waals surface area contributed by atoms with Crippen LogP contribution in [0.5, 0.6) is 11.5 Å². The Kier molecular flexibility index (Phi) is 5.16. The summed E-state index contributed by atoms with van der Waals surface area (Å²) >= 11 is 0. The summed E-state index contributed by atoms with van der Waals surface area (Å²) < 4.78 is 11.2. The molecule has 0 unspecified atom stereocenters. The van der Waals surface area contributed by atoms with Crippen LogP contribution in [-0.2, 0) is 5.41 Å². The lowest BCUT2D eigenvalue weighted by atomic mass is 9.84. The van der Waals surface area contributed by atoms with Crippen LogP contribution in [-0.4, -0.2) is 43.8 Å². The summed E-state index contributed by atoms with van der Waals surface area (Å²) in [4.78, 5) is 13.9. The van der Waals surface area contributed by atoms with Gasteiger partial charge < -0.3 is 19.7 Å². The molecule has 0 fully saturated rings. The molecular weight excluding hydrogens is 280 g/mol. The first kappa shape index (κ1) is 16.5. The van der Waals surface area contributed by atoms with Crippen molar-refractivity contribution in [3.05, 3.63) is 23.8 Å². The highest BCUT2D eigenvalue weighted by Gasteiger charge is 2.24. The summed E-state index contributed by atoms with van der Waals surface area (Å²) in [5, 5.41) is 3.02. The maximum Gasteiger partial charge on any atom is 0.317 e. The third-order valence-electron chi connectivity index (χ3n) is 4.06. The van der Waals surface area contributed by atoms with Crippen molar-refractivity contribution in [1.82, 2.24) is 10.2 Å². The van der Waals surface area contributed by atoms with Gasteiger partial charge in [0.25, 0.3) is 0 Å². The van der Waals surface area contributed by atoms with E-state index in [2.05, 4.69) is 19.2 Å². The van der Waals surface area contributed by atoms with Crippen molar-refractivity contribution < 1.29 is 14.3 Å². The number of hydrogen-bond donors (Lipinski definition) is 1. The lowest BCUT2D eigenvalue weighted by molar-refractivity contribution is 0.171. The van der Waals surface area contributed by atoms with Crippen LogP contribution in [0.4, 0.5) is 4.79 Å². The molecule has 2 amide bonds. The summed E-state index contributed by atoms with van der Waals surface area (Å²) in [5.41, 5.74) is 0.940. The Balaban J connectivity index is 2.05. The first-order chi connectivity index (χ1) is 10.5. The Morgan fingerprint density at radius 3 is 2.45 bits per heavy atom. The van der Waals surface area contributed by atoms with E-state index in [1.165, 1.54) is 0 Å². The molecule has 22 heavy (non-hydrogen) atoms. The number of hydrogen-bond acceptors (Lipinski definition) is 3.